The monoisotopic (exact) mass is 286 g/mol. The van der Waals surface area contributed by atoms with Gasteiger partial charge in [0.2, 0.25) is 5.95 Å². The lowest BCUT2D eigenvalue weighted by atomic mass is 10.1. The number of halogens is 1. The first-order chi connectivity index (χ1) is 10.1. The van der Waals surface area contributed by atoms with Crippen molar-refractivity contribution >= 4 is 11.6 Å². The van der Waals surface area contributed by atoms with E-state index in [1.807, 2.05) is 0 Å². The zero-order valence-corrected chi connectivity index (χ0v) is 12.4. The number of hydrogen-bond acceptors (Lipinski definition) is 4. The molecule has 0 spiro atoms. The zero-order chi connectivity index (χ0) is 14.8. The van der Waals surface area contributed by atoms with Crippen LogP contribution in [0.25, 0.3) is 0 Å². The Morgan fingerprint density at radius 1 is 0.952 bits per heavy atom. The van der Waals surface area contributed by atoms with E-state index in [4.69, 9.17) is 0 Å². The third-order valence-corrected chi connectivity index (χ3v) is 4.09. The average molecular weight is 286 g/mol. The van der Waals surface area contributed by atoms with E-state index >= 15 is 0 Å². The Hall–Kier alpha value is -2.17. The Balaban J connectivity index is 1.70. The zero-order valence-electron chi connectivity index (χ0n) is 12.4. The molecule has 1 aliphatic rings. The summed E-state index contributed by atoms with van der Waals surface area (Å²) in [6, 6.07) is 6.42. The molecule has 0 amide bonds. The Labute approximate surface area is 124 Å². The van der Waals surface area contributed by atoms with Gasteiger partial charge in [-0.25, -0.2) is 14.4 Å². The van der Waals surface area contributed by atoms with Crippen LogP contribution in [0, 0.1) is 19.7 Å². The lowest BCUT2D eigenvalue weighted by Crippen LogP contribution is -2.47. The average Bonchev–Trinajstić information content (AvgIpc) is 2.51. The van der Waals surface area contributed by atoms with Crippen LogP contribution in [0.5, 0.6) is 0 Å². The number of benzene rings is 1. The van der Waals surface area contributed by atoms with E-state index < -0.39 is 5.82 Å². The molecule has 0 unspecified atom stereocenters. The SMILES string of the molecule is Cc1cccc(N2CCN(c3ncc(F)cn3)CC2)c1C. The summed E-state index contributed by atoms with van der Waals surface area (Å²) in [6.07, 6.45) is 2.44. The first-order valence-electron chi connectivity index (χ1n) is 7.19. The molecule has 1 aromatic carbocycles. The van der Waals surface area contributed by atoms with Crippen molar-refractivity contribution in [3.05, 3.63) is 47.5 Å². The predicted octanol–water partition coefficient (Wildman–Crippen LogP) is 2.56. The highest BCUT2D eigenvalue weighted by Crippen LogP contribution is 2.24. The van der Waals surface area contributed by atoms with Gasteiger partial charge in [0, 0.05) is 31.9 Å². The van der Waals surface area contributed by atoms with Gasteiger partial charge < -0.3 is 9.80 Å². The van der Waals surface area contributed by atoms with E-state index in [9.17, 15) is 4.39 Å². The van der Waals surface area contributed by atoms with Crippen molar-refractivity contribution in [3.63, 3.8) is 0 Å². The van der Waals surface area contributed by atoms with E-state index in [-0.39, 0.29) is 0 Å². The summed E-state index contributed by atoms with van der Waals surface area (Å²) in [5, 5.41) is 0. The molecule has 2 heterocycles. The molecule has 0 aliphatic carbocycles. The van der Waals surface area contributed by atoms with Crippen LogP contribution in [-0.4, -0.2) is 36.1 Å². The van der Waals surface area contributed by atoms with E-state index in [0.29, 0.717) is 5.95 Å². The van der Waals surface area contributed by atoms with Gasteiger partial charge in [0.05, 0.1) is 12.4 Å². The summed E-state index contributed by atoms with van der Waals surface area (Å²) in [6.45, 7) is 7.84. The molecule has 1 aromatic heterocycles. The van der Waals surface area contributed by atoms with Crippen molar-refractivity contribution in [1.82, 2.24) is 9.97 Å². The Kier molecular flexibility index (Phi) is 3.73. The maximum atomic E-state index is 12.9. The number of nitrogens with zero attached hydrogens (tertiary/aromatic N) is 4. The molecule has 0 bridgehead atoms. The van der Waals surface area contributed by atoms with Crippen molar-refractivity contribution in [2.75, 3.05) is 36.0 Å². The molecule has 0 N–H and O–H groups in total. The molecule has 2 aromatic rings. The van der Waals surface area contributed by atoms with E-state index in [0.717, 1.165) is 26.2 Å². The predicted molar refractivity (Wildman–Crippen MR) is 82.3 cm³/mol. The lowest BCUT2D eigenvalue weighted by Gasteiger charge is -2.37. The third kappa shape index (κ3) is 2.82. The summed E-state index contributed by atoms with van der Waals surface area (Å²) in [5.41, 5.74) is 3.95. The standard InChI is InChI=1S/C16H19FN4/c1-12-4-3-5-15(13(12)2)20-6-8-21(9-7-20)16-18-10-14(17)11-19-16/h3-5,10-11H,6-9H2,1-2H3. The first-order valence-corrected chi connectivity index (χ1v) is 7.19. The van der Waals surface area contributed by atoms with Crippen LogP contribution in [0.1, 0.15) is 11.1 Å². The molecule has 0 saturated carbocycles. The van der Waals surface area contributed by atoms with Crippen LogP contribution in [0.4, 0.5) is 16.0 Å². The smallest absolute Gasteiger partial charge is 0.225 e. The van der Waals surface area contributed by atoms with Gasteiger partial charge in [-0.15, -0.1) is 0 Å². The fourth-order valence-corrected chi connectivity index (χ4v) is 2.69. The summed E-state index contributed by atoms with van der Waals surface area (Å²) in [5.74, 6) is 0.213. The molecule has 1 aliphatic heterocycles. The van der Waals surface area contributed by atoms with Crippen molar-refractivity contribution in [1.29, 1.82) is 0 Å². The second-order valence-electron chi connectivity index (χ2n) is 5.39. The lowest BCUT2D eigenvalue weighted by molar-refractivity contribution is 0.602. The Bertz CT molecular complexity index is 619. The van der Waals surface area contributed by atoms with Gasteiger partial charge in [-0.3, -0.25) is 0 Å². The maximum Gasteiger partial charge on any atom is 0.225 e. The van der Waals surface area contributed by atoms with Crippen molar-refractivity contribution in [3.8, 4) is 0 Å². The normalized spacial score (nSPS) is 15.4. The number of rotatable bonds is 2. The Morgan fingerprint density at radius 3 is 2.24 bits per heavy atom. The first kappa shape index (κ1) is 13.8. The molecule has 21 heavy (non-hydrogen) atoms. The molecule has 1 saturated heterocycles. The quantitative estimate of drug-likeness (QED) is 0.849. The Morgan fingerprint density at radius 2 is 1.57 bits per heavy atom. The second-order valence-corrected chi connectivity index (χ2v) is 5.39. The van der Waals surface area contributed by atoms with Gasteiger partial charge in [0.1, 0.15) is 0 Å². The minimum Gasteiger partial charge on any atom is -0.368 e. The third-order valence-electron chi connectivity index (χ3n) is 4.09. The van der Waals surface area contributed by atoms with Gasteiger partial charge in [-0.05, 0) is 31.0 Å². The molecule has 5 heteroatoms. The van der Waals surface area contributed by atoms with Crippen LogP contribution >= 0.6 is 0 Å². The number of anilines is 2. The summed E-state index contributed by atoms with van der Waals surface area (Å²) < 4.78 is 12.9. The van der Waals surface area contributed by atoms with Crippen molar-refractivity contribution in [2.45, 2.75) is 13.8 Å². The fraction of sp³-hybridized carbons (Fsp3) is 0.375. The van der Waals surface area contributed by atoms with Gasteiger partial charge in [0.25, 0.3) is 0 Å². The van der Waals surface area contributed by atoms with Gasteiger partial charge in [-0.1, -0.05) is 12.1 Å². The molecular formula is C16H19FN4. The highest BCUT2D eigenvalue weighted by molar-refractivity contribution is 5.57. The van der Waals surface area contributed by atoms with E-state index in [2.05, 4.69) is 51.8 Å². The molecule has 110 valence electrons. The van der Waals surface area contributed by atoms with Crippen LogP contribution in [0.2, 0.25) is 0 Å². The fourth-order valence-electron chi connectivity index (χ4n) is 2.69. The van der Waals surface area contributed by atoms with Crippen LogP contribution < -0.4 is 9.80 Å². The molecule has 0 atom stereocenters. The highest BCUT2D eigenvalue weighted by atomic mass is 19.1. The minimum absolute atomic E-state index is 0.396. The number of aromatic nitrogens is 2. The largest absolute Gasteiger partial charge is 0.368 e. The van der Waals surface area contributed by atoms with E-state index in [1.54, 1.807) is 0 Å². The number of hydrogen-bond donors (Lipinski definition) is 0. The molecular weight excluding hydrogens is 267 g/mol. The highest BCUT2D eigenvalue weighted by Gasteiger charge is 2.20. The second kappa shape index (κ2) is 5.68. The number of piperazine rings is 1. The minimum atomic E-state index is -0.396. The summed E-state index contributed by atoms with van der Waals surface area (Å²) >= 11 is 0. The summed E-state index contributed by atoms with van der Waals surface area (Å²) in [7, 11) is 0. The van der Waals surface area contributed by atoms with Crippen molar-refractivity contribution in [2.24, 2.45) is 0 Å². The molecule has 1 fully saturated rings. The topological polar surface area (TPSA) is 32.3 Å². The van der Waals surface area contributed by atoms with Crippen LogP contribution in [0.15, 0.2) is 30.6 Å². The number of aryl methyl sites for hydroxylation is 1. The summed E-state index contributed by atoms with van der Waals surface area (Å²) in [4.78, 5) is 12.6. The molecule has 4 nitrogen and oxygen atoms in total. The maximum absolute atomic E-state index is 12.9. The van der Waals surface area contributed by atoms with Gasteiger partial charge in [0.15, 0.2) is 5.82 Å². The molecule has 3 rings (SSSR count). The van der Waals surface area contributed by atoms with Crippen LogP contribution in [-0.2, 0) is 0 Å². The van der Waals surface area contributed by atoms with Crippen LogP contribution in [0.3, 0.4) is 0 Å². The van der Waals surface area contributed by atoms with Gasteiger partial charge >= 0.3 is 0 Å². The van der Waals surface area contributed by atoms with Gasteiger partial charge in [-0.2, -0.15) is 0 Å². The van der Waals surface area contributed by atoms with Crippen molar-refractivity contribution < 1.29 is 4.39 Å². The van der Waals surface area contributed by atoms with E-state index in [1.165, 1.54) is 29.2 Å². The molecule has 0 radical (unpaired) electrons.